The molecular formula is C17H26N2. The van der Waals surface area contributed by atoms with E-state index in [1.54, 1.807) is 0 Å². The number of benzene rings is 1. The highest BCUT2D eigenvalue weighted by molar-refractivity contribution is 5.20. The Morgan fingerprint density at radius 3 is 2.79 bits per heavy atom. The van der Waals surface area contributed by atoms with Crippen molar-refractivity contribution in [2.24, 2.45) is 0 Å². The number of hydrogen-bond donors (Lipinski definition) is 1. The van der Waals surface area contributed by atoms with E-state index in [2.05, 4.69) is 61.0 Å². The van der Waals surface area contributed by atoms with Crippen molar-refractivity contribution in [1.82, 2.24) is 10.2 Å². The molecule has 19 heavy (non-hydrogen) atoms. The SMILES string of the molecule is C=CCC(C)N1CC(c2ccccc2)NCC1CC. The van der Waals surface area contributed by atoms with Gasteiger partial charge < -0.3 is 5.32 Å². The molecule has 1 aliphatic rings. The molecule has 0 bridgehead atoms. The van der Waals surface area contributed by atoms with Crippen LogP contribution < -0.4 is 5.32 Å². The molecule has 1 aromatic rings. The number of piperazine rings is 1. The third-order valence-electron chi connectivity index (χ3n) is 4.21. The summed E-state index contributed by atoms with van der Waals surface area (Å²) in [4.78, 5) is 2.65. The monoisotopic (exact) mass is 258 g/mol. The van der Waals surface area contributed by atoms with Crippen LogP contribution in [0.1, 0.15) is 38.3 Å². The summed E-state index contributed by atoms with van der Waals surface area (Å²) >= 11 is 0. The third-order valence-corrected chi connectivity index (χ3v) is 4.21. The fourth-order valence-electron chi connectivity index (χ4n) is 3.02. The summed E-state index contributed by atoms with van der Waals surface area (Å²) in [6.45, 7) is 10.7. The molecule has 0 saturated carbocycles. The van der Waals surface area contributed by atoms with Gasteiger partial charge >= 0.3 is 0 Å². The molecule has 1 aliphatic heterocycles. The zero-order valence-electron chi connectivity index (χ0n) is 12.2. The van der Waals surface area contributed by atoms with Crippen LogP contribution in [0.25, 0.3) is 0 Å². The summed E-state index contributed by atoms with van der Waals surface area (Å²) in [5, 5.41) is 3.70. The van der Waals surface area contributed by atoms with Gasteiger partial charge in [-0.25, -0.2) is 0 Å². The molecule has 2 heteroatoms. The maximum atomic E-state index is 3.88. The van der Waals surface area contributed by atoms with Crippen molar-refractivity contribution in [1.29, 1.82) is 0 Å². The topological polar surface area (TPSA) is 15.3 Å². The average Bonchev–Trinajstić information content (AvgIpc) is 2.47. The first-order valence-electron chi connectivity index (χ1n) is 7.41. The van der Waals surface area contributed by atoms with Crippen molar-refractivity contribution in [3.63, 3.8) is 0 Å². The summed E-state index contributed by atoms with van der Waals surface area (Å²) in [6.07, 6.45) is 4.31. The van der Waals surface area contributed by atoms with Crippen LogP contribution in [0.3, 0.4) is 0 Å². The molecule has 3 atom stereocenters. The molecule has 0 radical (unpaired) electrons. The lowest BCUT2D eigenvalue weighted by Gasteiger charge is -2.43. The largest absolute Gasteiger partial charge is 0.307 e. The fraction of sp³-hybridized carbons (Fsp3) is 0.529. The van der Waals surface area contributed by atoms with E-state index in [4.69, 9.17) is 0 Å². The van der Waals surface area contributed by atoms with Gasteiger partial charge in [0.2, 0.25) is 0 Å². The lowest BCUT2D eigenvalue weighted by atomic mass is 9.98. The summed E-state index contributed by atoms with van der Waals surface area (Å²) in [6, 6.07) is 12.5. The molecule has 2 nitrogen and oxygen atoms in total. The predicted octanol–water partition coefficient (Wildman–Crippen LogP) is 3.38. The Bertz CT molecular complexity index is 388. The van der Waals surface area contributed by atoms with E-state index >= 15 is 0 Å². The molecule has 2 rings (SSSR count). The Morgan fingerprint density at radius 2 is 2.16 bits per heavy atom. The first-order valence-corrected chi connectivity index (χ1v) is 7.41. The van der Waals surface area contributed by atoms with Gasteiger partial charge in [-0.1, -0.05) is 43.3 Å². The van der Waals surface area contributed by atoms with Gasteiger partial charge in [0.25, 0.3) is 0 Å². The minimum Gasteiger partial charge on any atom is -0.307 e. The zero-order chi connectivity index (χ0) is 13.7. The Morgan fingerprint density at radius 1 is 1.42 bits per heavy atom. The molecule has 0 amide bonds. The quantitative estimate of drug-likeness (QED) is 0.815. The molecular weight excluding hydrogens is 232 g/mol. The number of nitrogens with zero attached hydrogens (tertiary/aromatic N) is 1. The van der Waals surface area contributed by atoms with Crippen molar-refractivity contribution >= 4 is 0 Å². The van der Waals surface area contributed by atoms with Gasteiger partial charge in [0, 0.05) is 31.2 Å². The van der Waals surface area contributed by atoms with Crippen LogP contribution in [0, 0.1) is 0 Å². The summed E-state index contributed by atoms with van der Waals surface area (Å²) in [5.74, 6) is 0. The van der Waals surface area contributed by atoms with Gasteiger partial charge in [-0.15, -0.1) is 6.58 Å². The molecule has 1 aromatic carbocycles. The van der Waals surface area contributed by atoms with Crippen LogP contribution in [-0.4, -0.2) is 30.1 Å². The Balaban J connectivity index is 2.09. The van der Waals surface area contributed by atoms with E-state index in [0.717, 1.165) is 19.5 Å². The highest BCUT2D eigenvalue weighted by atomic mass is 15.2. The van der Waals surface area contributed by atoms with Crippen LogP contribution in [0.4, 0.5) is 0 Å². The first-order chi connectivity index (χ1) is 9.26. The summed E-state index contributed by atoms with van der Waals surface area (Å²) < 4.78 is 0. The molecule has 1 heterocycles. The minimum absolute atomic E-state index is 0.455. The first kappa shape index (κ1) is 14.3. The standard InChI is InChI=1S/C17H26N2/c1-4-9-14(3)19-13-17(18-12-16(19)5-2)15-10-7-6-8-11-15/h4,6-8,10-11,14,16-18H,1,5,9,12-13H2,2-3H3. The number of nitrogens with one attached hydrogen (secondary N) is 1. The van der Waals surface area contributed by atoms with Crippen molar-refractivity contribution in [2.75, 3.05) is 13.1 Å². The molecule has 0 aromatic heterocycles. The predicted molar refractivity (Wildman–Crippen MR) is 82.2 cm³/mol. The van der Waals surface area contributed by atoms with E-state index in [1.807, 2.05) is 6.08 Å². The summed E-state index contributed by atoms with van der Waals surface area (Å²) in [5.41, 5.74) is 1.40. The molecule has 3 unspecified atom stereocenters. The van der Waals surface area contributed by atoms with Crippen molar-refractivity contribution in [3.8, 4) is 0 Å². The second-order valence-electron chi connectivity index (χ2n) is 5.50. The van der Waals surface area contributed by atoms with Crippen LogP contribution in [-0.2, 0) is 0 Å². The van der Waals surface area contributed by atoms with Crippen LogP contribution >= 0.6 is 0 Å². The lowest BCUT2D eigenvalue weighted by Crippen LogP contribution is -2.55. The molecule has 104 valence electrons. The highest BCUT2D eigenvalue weighted by Gasteiger charge is 2.29. The van der Waals surface area contributed by atoms with Crippen LogP contribution in [0.2, 0.25) is 0 Å². The van der Waals surface area contributed by atoms with Crippen LogP contribution in [0.5, 0.6) is 0 Å². The molecule has 1 N–H and O–H groups in total. The van der Waals surface area contributed by atoms with Gasteiger partial charge in [0.05, 0.1) is 0 Å². The third kappa shape index (κ3) is 3.46. The van der Waals surface area contributed by atoms with Crippen LogP contribution in [0.15, 0.2) is 43.0 Å². The van der Waals surface area contributed by atoms with E-state index in [9.17, 15) is 0 Å². The van der Waals surface area contributed by atoms with Crippen molar-refractivity contribution in [3.05, 3.63) is 48.6 Å². The number of rotatable bonds is 5. The maximum Gasteiger partial charge on any atom is 0.0450 e. The maximum absolute atomic E-state index is 3.88. The van der Waals surface area contributed by atoms with Crippen molar-refractivity contribution in [2.45, 2.75) is 44.8 Å². The smallest absolute Gasteiger partial charge is 0.0450 e. The van der Waals surface area contributed by atoms with Gasteiger partial charge in [-0.3, -0.25) is 4.90 Å². The Kier molecular flexibility index (Phi) is 5.17. The molecule has 1 saturated heterocycles. The van der Waals surface area contributed by atoms with Gasteiger partial charge in [0.15, 0.2) is 0 Å². The molecule has 1 fully saturated rings. The zero-order valence-corrected chi connectivity index (χ0v) is 12.2. The molecule has 0 spiro atoms. The fourth-order valence-corrected chi connectivity index (χ4v) is 3.02. The van der Waals surface area contributed by atoms with E-state index in [-0.39, 0.29) is 0 Å². The van der Waals surface area contributed by atoms with E-state index in [1.165, 1.54) is 12.0 Å². The van der Waals surface area contributed by atoms with E-state index in [0.29, 0.717) is 18.1 Å². The second kappa shape index (κ2) is 6.88. The normalized spacial score (nSPS) is 26.0. The number of hydrogen-bond acceptors (Lipinski definition) is 2. The lowest BCUT2D eigenvalue weighted by molar-refractivity contribution is 0.0873. The van der Waals surface area contributed by atoms with Crippen molar-refractivity contribution < 1.29 is 0 Å². The Hall–Kier alpha value is -1.12. The average molecular weight is 258 g/mol. The second-order valence-corrected chi connectivity index (χ2v) is 5.50. The van der Waals surface area contributed by atoms with E-state index < -0.39 is 0 Å². The van der Waals surface area contributed by atoms with Gasteiger partial charge in [-0.2, -0.15) is 0 Å². The van der Waals surface area contributed by atoms with Gasteiger partial charge in [0.1, 0.15) is 0 Å². The van der Waals surface area contributed by atoms with Gasteiger partial charge in [-0.05, 0) is 25.3 Å². The highest BCUT2D eigenvalue weighted by Crippen LogP contribution is 2.23. The minimum atomic E-state index is 0.455. The Labute approximate surface area is 117 Å². The molecule has 0 aliphatic carbocycles. The summed E-state index contributed by atoms with van der Waals surface area (Å²) in [7, 11) is 0.